The molecule has 0 saturated heterocycles. The molecule has 0 spiro atoms. The van der Waals surface area contributed by atoms with Crippen LogP contribution in [0.3, 0.4) is 0 Å². The Balaban J connectivity index is 1.80. The van der Waals surface area contributed by atoms with E-state index in [1.54, 1.807) is 0 Å². The minimum Gasteiger partial charge on any atom is -0.493 e. The average Bonchev–Trinajstić information content (AvgIpc) is 2.29. The largest absolute Gasteiger partial charge is 0.493 e. The zero-order valence-corrected chi connectivity index (χ0v) is 9.43. The summed E-state index contributed by atoms with van der Waals surface area (Å²) in [7, 11) is 0. The number of hydrogen-bond acceptors (Lipinski definition) is 3. The van der Waals surface area contributed by atoms with Gasteiger partial charge in [-0.25, -0.2) is 0 Å². The van der Waals surface area contributed by atoms with Crippen molar-refractivity contribution in [2.24, 2.45) is 17.6 Å². The summed E-state index contributed by atoms with van der Waals surface area (Å²) in [5, 5.41) is 9.05. The van der Waals surface area contributed by atoms with E-state index >= 15 is 0 Å². The Morgan fingerprint density at radius 1 is 1.19 bits per heavy atom. The van der Waals surface area contributed by atoms with E-state index in [9.17, 15) is 0 Å². The molecule has 1 aromatic carbocycles. The summed E-state index contributed by atoms with van der Waals surface area (Å²) < 4.78 is 5.69. The van der Waals surface area contributed by atoms with Gasteiger partial charge in [-0.1, -0.05) is 12.1 Å². The summed E-state index contributed by atoms with van der Waals surface area (Å²) in [5.74, 6) is 1.86. The van der Waals surface area contributed by atoms with E-state index in [0.29, 0.717) is 31.6 Å². The van der Waals surface area contributed by atoms with Gasteiger partial charge in [-0.05, 0) is 42.4 Å². The number of rotatable bonds is 5. The van der Waals surface area contributed by atoms with Crippen molar-refractivity contribution in [3.05, 3.63) is 29.8 Å². The van der Waals surface area contributed by atoms with E-state index in [1.807, 2.05) is 24.3 Å². The second kappa shape index (κ2) is 5.32. The molecule has 0 radical (unpaired) electrons. The summed E-state index contributed by atoms with van der Waals surface area (Å²) in [6, 6.07) is 7.88. The number of aliphatic hydroxyl groups is 1. The predicted octanol–water partition coefficient (Wildman–Crippen LogP) is 1.54. The number of aliphatic hydroxyl groups excluding tert-OH is 1. The van der Waals surface area contributed by atoms with Crippen molar-refractivity contribution in [2.45, 2.75) is 19.4 Å². The van der Waals surface area contributed by atoms with Crippen LogP contribution in [-0.4, -0.2) is 18.3 Å². The van der Waals surface area contributed by atoms with Crippen LogP contribution in [0.4, 0.5) is 0 Å². The van der Waals surface area contributed by atoms with Crippen molar-refractivity contribution in [3.8, 4) is 5.75 Å². The van der Waals surface area contributed by atoms with Crippen LogP contribution in [0.25, 0.3) is 0 Å². The summed E-state index contributed by atoms with van der Waals surface area (Å²) in [6.07, 6.45) is 2.31. The minimum atomic E-state index is 0.292. The van der Waals surface area contributed by atoms with Crippen molar-refractivity contribution in [1.29, 1.82) is 0 Å². The number of ether oxygens (including phenoxy) is 1. The van der Waals surface area contributed by atoms with Gasteiger partial charge in [-0.3, -0.25) is 0 Å². The molecule has 1 aliphatic carbocycles. The molecule has 0 aliphatic heterocycles. The molecule has 1 aliphatic rings. The monoisotopic (exact) mass is 221 g/mol. The molecule has 16 heavy (non-hydrogen) atoms. The zero-order valence-electron chi connectivity index (χ0n) is 9.43. The summed E-state index contributed by atoms with van der Waals surface area (Å²) in [5.41, 5.74) is 6.64. The molecule has 88 valence electrons. The van der Waals surface area contributed by atoms with Gasteiger partial charge in [0, 0.05) is 13.2 Å². The fourth-order valence-electron chi connectivity index (χ4n) is 2.02. The Bertz CT molecular complexity index is 321. The van der Waals surface area contributed by atoms with Gasteiger partial charge in [0.05, 0.1) is 6.61 Å². The molecule has 3 heteroatoms. The summed E-state index contributed by atoms with van der Waals surface area (Å²) in [6.45, 7) is 1.57. The highest BCUT2D eigenvalue weighted by Crippen LogP contribution is 2.34. The van der Waals surface area contributed by atoms with Gasteiger partial charge in [0.25, 0.3) is 0 Å². The lowest BCUT2D eigenvalue weighted by molar-refractivity contribution is 0.0540. The first-order valence-corrected chi connectivity index (χ1v) is 5.86. The third kappa shape index (κ3) is 2.54. The molecule has 3 N–H and O–H groups in total. The number of hydrogen-bond donors (Lipinski definition) is 2. The molecule has 3 nitrogen and oxygen atoms in total. The molecule has 2 rings (SSSR count). The van der Waals surface area contributed by atoms with Gasteiger partial charge in [0.15, 0.2) is 0 Å². The van der Waals surface area contributed by atoms with Gasteiger partial charge in [0.1, 0.15) is 5.75 Å². The molecular weight excluding hydrogens is 202 g/mol. The van der Waals surface area contributed by atoms with Gasteiger partial charge in [-0.2, -0.15) is 0 Å². The van der Waals surface area contributed by atoms with Crippen LogP contribution in [0.15, 0.2) is 24.3 Å². The van der Waals surface area contributed by atoms with Gasteiger partial charge in [-0.15, -0.1) is 0 Å². The molecule has 1 aromatic rings. The predicted molar refractivity (Wildman–Crippen MR) is 63.1 cm³/mol. The lowest BCUT2D eigenvalue weighted by Crippen LogP contribution is -2.33. The van der Waals surface area contributed by atoms with Crippen molar-refractivity contribution in [2.75, 3.05) is 13.2 Å². The maximum Gasteiger partial charge on any atom is 0.119 e. The average molecular weight is 221 g/mol. The molecule has 2 atom stereocenters. The zero-order chi connectivity index (χ0) is 11.4. The van der Waals surface area contributed by atoms with Crippen LogP contribution in [0.5, 0.6) is 5.75 Å². The first-order valence-electron chi connectivity index (χ1n) is 5.86. The number of benzene rings is 1. The van der Waals surface area contributed by atoms with E-state index in [1.165, 1.54) is 6.42 Å². The highest BCUT2D eigenvalue weighted by Gasteiger charge is 2.30. The Labute approximate surface area is 96.2 Å². The first kappa shape index (κ1) is 11.4. The fourth-order valence-corrected chi connectivity index (χ4v) is 2.02. The van der Waals surface area contributed by atoms with E-state index in [4.69, 9.17) is 15.6 Å². The first-order chi connectivity index (χ1) is 7.83. The Morgan fingerprint density at radius 2 is 1.88 bits per heavy atom. The van der Waals surface area contributed by atoms with Gasteiger partial charge in [0.2, 0.25) is 0 Å². The fraction of sp³-hybridized carbons (Fsp3) is 0.538. The van der Waals surface area contributed by atoms with Gasteiger partial charge >= 0.3 is 0 Å². The Kier molecular flexibility index (Phi) is 3.80. The topological polar surface area (TPSA) is 55.5 Å². The normalized spacial score (nSPS) is 23.9. The molecule has 0 aromatic heterocycles. The molecule has 1 fully saturated rings. The molecule has 1 saturated carbocycles. The quantitative estimate of drug-likeness (QED) is 0.793. The summed E-state index contributed by atoms with van der Waals surface area (Å²) >= 11 is 0. The van der Waals surface area contributed by atoms with Crippen LogP contribution in [0.2, 0.25) is 0 Å². The van der Waals surface area contributed by atoms with Crippen molar-refractivity contribution >= 4 is 0 Å². The molecule has 0 heterocycles. The maximum absolute atomic E-state index is 9.05. The molecular formula is C13H19NO2. The van der Waals surface area contributed by atoms with E-state index in [0.717, 1.165) is 17.7 Å². The van der Waals surface area contributed by atoms with Crippen LogP contribution < -0.4 is 10.5 Å². The SMILES string of the molecule is NCc1ccc(OCC2CCC2CO)cc1. The third-order valence-corrected chi connectivity index (χ3v) is 3.43. The molecule has 0 bridgehead atoms. The Morgan fingerprint density at radius 3 is 2.38 bits per heavy atom. The van der Waals surface area contributed by atoms with Crippen molar-refractivity contribution < 1.29 is 9.84 Å². The number of nitrogens with two attached hydrogens (primary N) is 1. The van der Waals surface area contributed by atoms with Crippen LogP contribution in [0, 0.1) is 11.8 Å². The Hall–Kier alpha value is -1.06. The van der Waals surface area contributed by atoms with Crippen molar-refractivity contribution in [1.82, 2.24) is 0 Å². The highest BCUT2D eigenvalue weighted by molar-refractivity contribution is 5.27. The third-order valence-electron chi connectivity index (χ3n) is 3.43. The highest BCUT2D eigenvalue weighted by atomic mass is 16.5. The minimum absolute atomic E-state index is 0.292. The standard InChI is InChI=1S/C13H19NO2/c14-7-10-1-5-13(6-2-10)16-9-12-4-3-11(12)8-15/h1-2,5-6,11-12,15H,3-4,7-9,14H2. The molecule has 2 unspecified atom stereocenters. The van der Waals surface area contributed by atoms with Crippen LogP contribution in [0.1, 0.15) is 18.4 Å². The van der Waals surface area contributed by atoms with E-state index in [-0.39, 0.29) is 0 Å². The van der Waals surface area contributed by atoms with Crippen LogP contribution in [-0.2, 0) is 6.54 Å². The van der Waals surface area contributed by atoms with E-state index in [2.05, 4.69) is 0 Å². The smallest absolute Gasteiger partial charge is 0.119 e. The lowest BCUT2D eigenvalue weighted by Gasteiger charge is -2.34. The second-order valence-electron chi connectivity index (χ2n) is 4.44. The molecule has 0 amide bonds. The van der Waals surface area contributed by atoms with Crippen molar-refractivity contribution in [3.63, 3.8) is 0 Å². The maximum atomic E-state index is 9.05. The second-order valence-corrected chi connectivity index (χ2v) is 4.44. The van der Waals surface area contributed by atoms with Gasteiger partial charge < -0.3 is 15.6 Å². The van der Waals surface area contributed by atoms with Crippen LogP contribution >= 0.6 is 0 Å². The summed E-state index contributed by atoms with van der Waals surface area (Å²) in [4.78, 5) is 0. The lowest BCUT2D eigenvalue weighted by atomic mass is 9.75. The van der Waals surface area contributed by atoms with E-state index < -0.39 is 0 Å².